The Morgan fingerprint density at radius 3 is 2.72 bits per heavy atom. The monoisotopic (exact) mass is 268 g/mol. The van der Waals surface area contributed by atoms with Gasteiger partial charge < -0.3 is 10.2 Å². The van der Waals surface area contributed by atoms with Gasteiger partial charge in [0.05, 0.1) is 0 Å². The van der Waals surface area contributed by atoms with Crippen LogP contribution < -0.4 is 5.32 Å². The van der Waals surface area contributed by atoms with Crippen molar-refractivity contribution in [3.8, 4) is 0 Å². The average Bonchev–Trinajstić information content (AvgIpc) is 2.84. The maximum Gasteiger partial charge on any atom is 0.0189 e. The molecule has 0 bridgehead atoms. The topological polar surface area (TPSA) is 15.3 Å². The molecule has 1 atom stereocenters. The molecule has 1 aromatic rings. The van der Waals surface area contributed by atoms with E-state index in [0.29, 0.717) is 6.04 Å². The van der Waals surface area contributed by atoms with Gasteiger partial charge in [-0.15, -0.1) is 11.3 Å². The lowest BCUT2D eigenvalue weighted by Crippen LogP contribution is -2.39. The Kier molecular flexibility index (Phi) is 7.56. The second-order valence-electron chi connectivity index (χ2n) is 5.55. The van der Waals surface area contributed by atoms with Gasteiger partial charge in [-0.3, -0.25) is 0 Å². The van der Waals surface area contributed by atoms with Crippen molar-refractivity contribution in [2.24, 2.45) is 5.92 Å². The van der Waals surface area contributed by atoms with Crippen molar-refractivity contribution >= 4 is 11.3 Å². The van der Waals surface area contributed by atoms with E-state index in [9.17, 15) is 0 Å². The molecule has 1 unspecified atom stereocenters. The lowest BCUT2D eigenvalue weighted by Gasteiger charge is -2.25. The predicted molar refractivity (Wildman–Crippen MR) is 82.4 cm³/mol. The summed E-state index contributed by atoms with van der Waals surface area (Å²) in [7, 11) is 2.22. The minimum Gasteiger partial charge on any atom is -0.315 e. The first kappa shape index (κ1) is 15.7. The highest BCUT2D eigenvalue weighted by molar-refractivity contribution is 7.09. The third kappa shape index (κ3) is 6.53. The molecule has 0 radical (unpaired) electrons. The summed E-state index contributed by atoms with van der Waals surface area (Å²) in [6.45, 7) is 10.2. The predicted octanol–water partition coefficient (Wildman–Crippen LogP) is 3.25. The van der Waals surface area contributed by atoms with Gasteiger partial charge in [-0.2, -0.15) is 0 Å². The molecule has 0 saturated carbocycles. The maximum absolute atomic E-state index is 3.55. The Morgan fingerprint density at radius 2 is 2.11 bits per heavy atom. The van der Waals surface area contributed by atoms with Crippen LogP contribution in [0.1, 0.15) is 32.1 Å². The van der Waals surface area contributed by atoms with Gasteiger partial charge >= 0.3 is 0 Å². The van der Waals surface area contributed by atoms with E-state index in [1.54, 1.807) is 0 Å². The van der Waals surface area contributed by atoms with Crippen molar-refractivity contribution in [3.05, 3.63) is 22.4 Å². The van der Waals surface area contributed by atoms with E-state index in [0.717, 1.165) is 25.6 Å². The Hall–Kier alpha value is -0.380. The van der Waals surface area contributed by atoms with Crippen LogP contribution in [0.5, 0.6) is 0 Å². The van der Waals surface area contributed by atoms with Crippen molar-refractivity contribution in [1.29, 1.82) is 0 Å². The highest BCUT2D eigenvalue weighted by atomic mass is 32.1. The second kappa shape index (κ2) is 8.68. The van der Waals surface area contributed by atoms with Gasteiger partial charge in [0.2, 0.25) is 0 Å². The molecule has 104 valence electrons. The fraction of sp³-hybridized carbons (Fsp3) is 0.733. The summed E-state index contributed by atoms with van der Waals surface area (Å²) >= 11 is 1.86. The van der Waals surface area contributed by atoms with Crippen molar-refractivity contribution in [2.45, 2.75) is 39.7 Å². The summed E-state index contributed by atoms with van der Waals surface area (Å²) in [6.07, 6.45) is 2.44. The molecular formula is C15H28N2S. The minimum atomic E-state index is 0.608. The molecule has 3 heteroatoms. The number of nitrogens with zero attached hydrogens (tertiary/aromatic N) is 1. The van der Waals surface area contributed by atoms with Crippen LogP contribution in [-0.2, 0) is 6.42 Å². The quantitative estimate of drug-likeness (QED) is 0.692. The summed E-state index contributed by atoms with van der Waals surface area (Å²) in [5, 5.41) is 5.71. The second-order valence-corrected chi connectivity index (χ2v) is 6.58. The molecule has 1 aromatic heterocycles. The molecule has 18 heavy (non-hydrogen) atoms. The average molecular weight is 268 g/mol. The first-order valence-corrected chi connectivity index (χ1v) is 7.91. The number of thiophene rings is 1. The zero-order valence-electron chi connectivity index (χ0n) is 12.3. The first-order valence-electron chi connectivity index (χ1n) is 7.03. The standard InChI is InChI=1S/C15H28N2S/c1-13(2)7-9-16-12-14(3)17(4)10-8-15-6-5-11-18-15/h5-6,11,13-14,16H,7-10,12H2,1-4H3. The van der Waals surface area contributed by atoms with Gasteiger partial charge in [0.1, 0.15) is 0 Å². The number of likely N-dealkylation sites (N-methyl/N-ethyl adjacent to an activating group) is 1. The van der Waals surface area contributed by atoms with E-state index in [1.165, 1.54) is 17.7 Å². The Morgan fingerprint density at radius 1 is 1.33 bits per heavy atom. The minimum absolute atomic E-state index is 0.608. The van der Waals surface area contributed by atoms with Crippen LogP contribution in [0.3, 0.4) is 0 Å². The highest BCUT2D eigenvalue weighted by Gasteiger charge is 2.08. The third-order valence-electron chi connectivity index (χ3n) is 3.38. The van der Waals surface area contributed by atoms with Crippen molar-refractivity contribution in [3.63, 3.8) is 0 Å². The maximum atomic E-state index is 3.55. The molecule has 0 aliphatic heterocycles. The third-order valence-corrected chi connectivity index (χ3v) is 4.32. The summed E-state index contributed by atoms with van der Waals surface area (Å²) in [4.78, 5) is 3.93. The molecule has 0 spiro atoms. The van der Waals surface area contributed by atoms with Crippen LogP contribution in [-0.4, -0.2) is 37.6 Å². The largest absolute Gasteiger partial charge is 0.315 e. The number of rotatable bonds is 9. The Bertz CT molecular complexity index is 295. The van der Waals surface area contributed by atoms with E-state index in [2.05, 4.69) is 55.5 Å². The summed E-state index contributed by atoms with van der Waals surface area (Å²) in [6, 6.07) is 4.97. The van der Waals surface area contributed by atoms with Crippen LogP contribution in [0.4, 0.5) is 0 Å². The van der Waals surface area contributed by atoms with Crippen molar-refractivity contribution in [2.75, 3.05) is 26.7 Å². The highest BCUT2D eigenvalue weighted by Crippen LogP contribution is 2.10. The molecule has 2 nitrogen and oxygen atoms in total. The van der Waals surface area contributed by atoms with Gasteiger partial charge in [-0.05, 0) is 50.7 Å². The van der Waals surface area contributed by atoms with Crippen molar-refractivity contribution < 1.29 is 0 Å². The normalized spacial score (nSPS) is 13.4. The molecule has 1 rings (SSSR count). The molecule has 0 amide bonds. The fourth-order valence-electron chi connectivity index (χ4n) is 1.82. The van der Waals surface area contributed by atoms with Gasteiger partial charge in [0.25, 0.3) is 0 Å². The molecule has 0 fully saturated rings. The summed E-state index contributed by atoms with van der Waals surface area (Å²) in [5.74, 6) is 0.796. The summed E-state index contributed by atoms with van der Waals surface area (Å²) in [5.41, 5.74) is 0. The van der Waals surface area contributed by atoms with Gasteiger partial charge in [0, 0.05) is 24.0 Å². The fourth-order valence-corrected chi connectivity index (χ4v) is 2.52. The SMILES string of the molecule is CC(C)CCNCC(C)N(C)CCc1cccs1. The molecule has 1 heterocycles. The van der Waals surface area contributed by atoms with E-state index >= 15 is 0 Å². The number of hydrogen-bond donors (Lipinski definition) is 1. The van der Waals surface area contributed by atoms with Crippen LogP contribution in [0.2, 0.25) is 0 Å². The molecule has 1 N–H and O–H groups in total. The smallest absolute Gasteiger partial charge is 0.0189 e. The molecule has 0 aliphatic rings. The molecule has 0 aromatic carbocycles. The number of nitrogens with one attached hydrogen (secondary N) is 1. The molecule has 0 saturated heterocycles. The van der Waals surface area contributed by atoms with Crippen LogP contribution in [0.15, 0.2) is 17.5 Å². The van der Waals surface area contributed by atoms with Crippen LogP contribution >= 0.6 is 11.3 Å². The Labute approximate surface area is 116 Å². The lowest BCUT2D eigenvalue weighted by atomic mass is 10.1. The zero-order valence-corrected chi connectivity index (χ0v) is 13.1. The van der Waals surface area contributed by atoms with Crippen LogP contribution in [0, 0.1) is 5.92 Å². The number of hydrogen-bond acceptors (Lipinski definition) is 3. The van der Waals surface area contributed by atoms with Crippen LogP contribution in [0.25, 0.3) is 0 Å². The van der Waals surface area contributed by atoms with E-state index < -0.39 is 0 Å². The Balaban J connectivity index is 2.10. The first-order chi connectivity index (χ1) is 8.59. The zero-order chi connectivity index (χ0) is 13.4. The van der Waals surface area contributed by atoms with E-state index in [4.69, 9.17) is 0 Å². The van der Waals surface area contributed by atoms with Gasteiger partial charge in [-0.25, -0.2) is 0 Å². The van der Waals surface area contributed by atoms with E-state index in [-0.39, 0.29) is 0 Å². The molecule has 0 aliphatic carbocycles. The van der Waals surface area contributed by atoms with E-state index in [1.807, 2.05) is 11.3 Å². The van der Waals surface area contributed by atoms with Gasteiger partial charge in [-0.1, -0.05) is 19.9 Å². The van der Waals surface area contributed by atoms with Crippen molar-refractivity contribution in [1.82, 2.24) is 10.2 Å². The lowest BCUT2D eigenvalue weighted by molar-refractivity contribution is 0.253. The molecular weight excluding hydrogens is 240 g/mol. The summed E-state index contributed by atoms with van der Waals surface area (Å²) < 4.78 is 0. The van der Waals surface area contributed by atoms with Gasteiger partial charge in [0.15, 0.2) is 0 Å².